The van der Waals surface area contributed by atoms with Crippen molar-refractivity contribution >= 4 is 28.3 Å². The van der Waals surface area contributed by atoms with Crippen LogP contribution >= 0.6 is 0 Å². The number of amides is 1. The second-order valence-corrected chi connectivity index (χ2v) is 7.75. The molecule has 6 nitrogen and oxygen atoms in total. The molecule has 0 saturated heterocycles. The molecule has 1 aromatic heterocycles. The molecule has 4 rings (SSSR count). The van der Waals surface area contributed by atoms with Crippen molar-refractivity contribution in [1.29, 1.82) is 0 Å². The zero-order valence-corrected chi connectivity index (χ0v) is 18.4. The third kappa shape index (κ3) is 5.18. The van der Waals surface area contributed by atoms with Gasteiger partial charge >= 0.3 is 0 Å². The zero-order chi connectivity index (χ0) is 23.4. The predicted octanol–water partition coefficient (Wildman–Crippen LogP) is 5.38. The molecular formula is C27H23NO5. The third-order valence-corrected chi connectivity index (χ3v) is 5.34. The molecule has 0 unspecified atom stereocenters. The van der Waals surface area contributed by atoms with Gasteiger partial charge in [0.2, 0.25) is 5.91 Å². The summed E-state index contributed by atoms with van der Waals surface area (Å²) < 4.78 is 11.0. The Balaban J connectivity index is 1.41. The molecule has 0 atom stereocenters. The molecule has 0 aliphatic heterocycles. The molecule has 0 fully saturated rings. The highest BCUT2D eigenvalue weighted by Gasteiger charge is 2.11. The molecule has 6 heteroatoms. The van der Waals surface area contributed by atoms with Gasteiger partial charge in [-0.25, -0.2) is 0 Å². The molecule has 1 N–H and O–H groups in total. The minimum atomic E-state index is -0.241. The van der Waals surface area contributed by atoms with Gasteiger partial charge in [-0.15, -0.1) is 0 Å². The van der Waals surface area contributed by atoms with Crippen LogP contribution in [0.3, 0.4) is 0 Å². The molecule has 166 valence electrons. The lowest BCUT2D eigenvalue weighted by Crippen LogP contribution is -2.13. The number of ether oxygens (including phenoxy) is 1. The van der Waals surface area contributed by atoms with E-state index in [2.05, 4.69) is 5.32 Å². The van der Waals surface area contributed by atoms with Crippen molar-refractivity contribution < 1.29 is 18.7 Å². The summed E-state index contributed by atoms with van der Waals surface area (Å²) in [5.74, 6) is 0.710. The maximum Gasteiger partial charge on any atom is 0.224 e. The fraction of sp³-hybridized carbons (Fsp3) is 0.148. The summed E-state index contributed by atoms with van der Waals surface area (Å²) in [6.07, 6.45) is 0.234. The fourth-order valence-corrected chi connectivity index (χ4v) is 3.46. The second kappa shape index (κ2) is 9.53. The number of ketones is 1. The fourth-order valence-electron chi connectivity index (χ4n) is 3.46. The number of carbonyl (C=O) groups excluding carboxylic acids is 2. The van der Waals surface area contributed by atoms with E-state index < -0.39 is 0 Å². The van der Waals surface area contributed by atoms with Crippen LogP contribution in [0.15, 0.2) is 82.0 Å². The lowest BCUT2D eigenvalue weighted by Gasteiger charge is -2.08. The summed E-state index contributed by atoms with van der Waals surface area (Å²) in [5.41, 5.74) is 3.29. The number of hydrogen-bond acceptors (Lipinski definition) is 5. The van der Waals surface area contributed by atoms with Crippen LogP contribution in [-0.4, -0.2) is 18.8 Å². The molecule has 4 aromatic rings. The minimum Gasteiger partial charge on any atom is -0.497 e. The smallest absolute Gasteiger partial charge is 0.224 e. The first kappa shape index (κ1) is 22.0. The molecule has 0 aliphatic rings. The number of fused-ring (bicyclic) bond motifs is 1. The molecule has 0 spiro atoms. The Hall–Kier alpha value is -4.19. The number of carbonyl (C=O) groups is 2. The number of hydrogen-bond donors (Lipinski definition) is 1. The van der Waals surface area contributed by atoms with Crippen molar-refractivity contribution in [2.75, 3.05) is 12.4 Å². The Bertz CT molecular complexity index is 1370. The van der Waals surface area contributed by atoms with Crippen molar-refractivity contribution in [3.05, 3.63) is 94.1 Å². The van der Waals surface area contributed by atoms with E-state index in [0.29, 0.717) is 39.3 Å². The number of Topliss-reactive ketones (excluding diaryl/α,β-unsaturated/α-hetero) is 1. The van der Waals surface area contributed by atoms with Crippen molar-refractivity contribution in [3.63, 3.8) is 0 Å². The maximum absolute atomic E-state index is 12.5. The van der Waals surface area contributed by atoms with Gasteiger partial charge in [0.15, 0.2) is 11.2 Å². The van der Waals surface area contributed by atoms with E-state index in [1.807, 2.05) is 19.1 Å². The largest absolute Gasteiger partial charge is 0.497 e. The van der Waals surface area contributed by atoms with E-state index in [-0.39, 0.29) is 30.0 Å². The van der Waals surface area contributed by atoms with Gasteiger partial charge in [-0.3, -0.25) is 14.4 Å². The summed E-state index contributed by atoms with van der Waals surface area (Å²) in [7, 11) is 1.54. The maximum atomic E-state index is 12.5. The van der Waals surface area contributed by atoms with E-state index in [9.17, 15) is 14.4 Å². The van der Waals surface area contributed by atoms with E-state index >= 15 is 0 Å². The first-order valence-corrected chi connectivity index (χ1v) is 10.5. The van der Waals surface area contributed by atoms with Crippen LogP contribution < -0.4 is 15.5 Å². The van der Waals surface area contributed by atoms with Gasteiger partial charge in [-0.1, -0.05) is 29.8 Å². The van der Waals surface area contributed by atoms with Crippen molar-refractivity contribution in [2.45, 2.75) is 19.8 Å². The number of anilines is 1. The highest BCUT2D eigenvalue weighted by atomic mass is 16.5. The SMILES string of the molecule is COc1ccc2oc(-c3ccc(NC(=O)CCC(=O)c4ccc(C)cc4)cc3)cc(=O)c2c1. The van der Waals surface area contributed by atoms with Crippen LogP contribution in [0.5, 0.6) is 5.75 Å². The molecule has 1 heterocycles. The standard InChI is InChI=1S/C27H23NO5/c1-17-3-5-18(6-4-17)23(29)12-14-27(31)28-20-9-7-19(8-10-20)26-16-24(30)22-15-21(32-2)11-13-25(22)33-26/h3-11,13,15-16H,12,14H2,1-2H3,(H,28,31). The zero-order valence-electron chi connectivity index (χ0n) is 18.4. The Kier molecular flexibility index (Phi) is 6.36. The highest BCUT2D eigenvalue weighted by Crippen LogP contribution is 2.25. The number of benzene rings is 3. The average molecular weight is 441 g/mol. The van der Waals surface area contributed by atoms with Gasteiger partial charge in [-0.2, -0.15) is 0 Å². The molecule has 0 bridgehead atoms. The van der Waals surface area contributed by atoms with Gasteiger partial charge in [0.1, 0.15) is 17.1 Å². The normalized spacial score (nSPS) is 10.7. The third-order valence-electron chi connectivity index (χ3n) is 5.34. The average Bonchev–Trinajstić information content (AvgIpc) is 2.83. The number of rotatable bonds is 7. The van der Waals surface area contributed by atoms with Crippen LogP contribution in [0.2, 0.25) is 0 Å². The van der Waals surface area contributed by atoms with E-state index in [1.54, 1.807) is 61.7 Å². The topological polar surface area (TPSA) is 85.6 Å². The molecule has 0 saturated carbocycles. The van der Waals surface area contributed by atoms with Crippen LogP contribution in [0, 0.1) is 6.92 Å². The van der Waals surface area contributed by atoms with Crippen LogP contribution in [0.25, 0.3) is 22.3 Å². The summed E-state index contributed by atoms with van der Waals surface area (Å²) >= 11 is 0. The van der Waals surface area contributed by atoms with E-state index in [4.69, 9.17) is 9.15 Å². The monoisotopic (exact) mass is 441 g/mol. The number of nitrogens with one attached hydrogen (secondary N) is 1. The quantitative estimate of drug-likeness (QED) is 0.389. The number of methoxy groups -OCH3 is 1. The van der Waals surface area contributed by atoms with Crippen LogP contribution in [0.4, 0.5) is 5.69 Å². The van der Waals surface area contributed by atoms with Crippen LogP contribution in [0.1, 0.15) is 28.8 Å². The number of aryl methyl sites for hydroxylation is 1. The molecule has 1 amide bonds. The molecule has 3 aromatic carbocycles. The lowest BCUT2D eigenvalue weighted by atomic mass is 10.0. The molecule has 33 heavy (non-hydrogen) atoms. The Morgan fingerprint density at radius 1 is 0.909 bits per heavy atom. The van der Waals surface area contributed by atoms with Crippen molar-refractivity contribution in [3.8, 4) is 17.1 Å². The van der Waals surface area contributed by atoms with Crippen molar-refractivity contribution in [1.82, 2.24) is 0 Å². The van der Waals surface area contributed by atoms with Gasteiger partial charge in [-0.05, 0) is 49.4 Å². The van der Waals surface area contributed by atoms with Gasteiger partial charge in [0.05, 0.1) is 12.5 Å². The first-order valence-electron chi connectivity index (χ1n) is 10.5. The van der Waals surface area contributed by atoms with Gasteiger partial charge < -0.3 is 14.5 Å². The predicted molar refractivity (Wildman–Crippen MR) is 128 cm³/mol. The molecular weight excluding hydrogens is 418 g/mol. The van der Waals surface area contributed by atoms with Crippen LogP contribution in [-0.2, 0) is 4.79 Å². The van der Waals surface area contributed by atoms with Gasteiger partial charge in [0.25, 0.3) is 0 Å². The Morgan fingerprint density at radius 2 is 1.64 bits per heavy atom. The second-order valence-electron chi connectivity index (χ2n) is 7.75. The van der Waals surface area contributed by atoms with E-state index in [0.717, 1.165) is 5.56 Å². The first-order chi connectivity index (χ1) is 15.9. The molecule has 0 radical (unpaired) electrons. The van der Waals surface area contributed by atoms with Crippen molar-refractivity contribution in [2.24, 2.45) is 0 Å². The summed E-state index contributed by atoms with van der Waals surface area (Å²) in [5, 5.41) is 3.24. The summed E-state index contributed by atoms with van der Waals surface area (Å²) in [6, 6.07) is 20.8. The highest BCUT2D eigenvalue weighted by molar-refractivity contribution is 6.00. The Labute approximate surface area is 190 Å². The Morgan fingerprint density at radius 3 is 2.33 bits per heavy atom. The van der Waals surface area contributed by atoms with E-state index in [1.165, 1.54) is 6.07 Å². The van der Waals surface area contributed by atoms with Gasteiger partial charge in [0, 0.05) is 35.7 Å². The summed E-state index contributed by atoms with van der Waals surface area (Å²) in [4.78, 5) is 37.0. The minimum absolute atomic E-state index is 0.0653. The molecule has 0 aliphatic carbocycles. The summed E-state index contributed by atoms with van der Waals surface area (Å²) in [6.45, 7) is 1.96. The lowest BCUT2D eigenvalue weighted by molar-refractivity contribution is -0.116.